The summed E-state index contributed by atoms with van der Waals surface area (Å²) in [5.74, 6) is -0.0390. The number of carbonyl (C=O) groups is 1. The van der Waals surface area contributed by atoms with Crippen molar-refractivity contribution in [2.24, 2.45) is 0 Å². The largest absolute Gasteiger partial charge is 0.385 e. The molecule has 1 aromatic carbocycles. The third kappa shape index (κ3) is 4.29. The van der Waals surface area contributed by atoms with Crippen molar-refractivity contribution in [2.45, 2.75) is 27.2 Å². The van der Waals surface area contributed by atoms with Crippen LogP contribution in [0.1, 0.15) is 33.5 Å². The average molecular weight is 303 g/mol. The van der Waals surface area contributed by atoms with Crippen LogP contribution in [0.2, 0.25) is 0 Å². The highest BCUT2D eigenvalue weighted by Crippen LogP contribution is 2.17. The van der Waals surface area contributed by atoms with Gasteiger partial charge in [0.1, 0.15) is 0 Å². The lowest BCUT2D eigenvalue weighted by Gasteiger charge is -2.11. The predicted octanol–water partition coefficient (Wildman–Crippen LogP) is 3.16. The summed E-state index contributed by atoms with van der Waals surface area (Å²) < 4.78 is 0. The van der Waals surface area contributed by atoms with Crippen LogP contribution in [0, 0.1) is 13.8 Å². The first-order chi connectivity index (χ1) is 10.1. The van der Waals surface area contributed by atoms with Gasteiger partial charge < -0.3 is 10.6 Å². The van der Waals surface area contributed by atoms with Gasteiger partial charge in [-0.15, -0.1) is 11.3 Å². The molecule has 0 bridgehead atoms. The zero-order valence-corrected chi connectivity index (χ0v) is 13.5. The Kier molecular flexibility index (Phi) is 5.33. The molecule has 0 fully saturated rings. The number of amides is 1. The molecule has 0 spiro atoms. The Labute approximate surface area is 129 Å². The topological polar surface area (TPSA) is 54.0 Å². The third-order valence-corrected chi connectivity index (χ3v) is 4.10. The van der Waals surface area contributed by atoms with Crippen LogP contribution < -0.4 is 10.6 Å². The zero-order chi connectivity index (χ0) is 15.2. The minimum Gasteiger partial charge on any atom is -0.385 e. The van der Waals surface area contributed by atoms with Crippen molar-refractivity contribution in [1.82, 2.24) is 10.3 Å². The molecule has 112 valence electrons. The molecule has 2 N–H and O–H groups in total. The molecule has 0 saturated heterocycles. The summed E-state index contributed by atoms with van der Waals surface area (Å²) in [7, 11) is 0. The second-order valence-electron chi connectivity index (χ2n) is 4.97. The number of hydrogen-bond acceptors (Lipinski definition) is 4. The van der Waals surface area contributed by atoms with E-state index >= 15 is 0 Å². The van der Waals surface area contributed by atoms with E-state index < -0.39 is 0 Å². The van der Waals surface area contributed by atoms with Gasteiger partial charge in [0.05, 0.1) is 10.6 Å². The Hall–Kier alpha value is -1.88. The number of thiazole rings is 1. The Morgan fingerprint density at radius 1 is 1.33 bits per heavy atom. The molecule has 21 heavy (non-hydrogen) atoms. The van der Waals surface area contributed by atoms with E-state index in [1.165, 1.54) is 0 Å². The maximum atomic E-state index is 12.3. The number of aryl methyl sites for hydroxylation is 2. The van der Waals surface area contributed by atoms with E-state index in [9.17, 15) is 4.79 Å². The summed E-state index contributed by atoms with van der Waals surface area (Å²) in [4.78, 5) is 16.7. The van der Waals surface area contributed by atoms with Crippen molar-refractivity contribution in [3.05, 3.63) is 45.4 Å². The van der Waals surface area contributed by atoms with E-state index in [-0.39, 0.29) is 5.91 Å². The lowest BCUT2D eigenvalue weighted by molar-refractivity contribution is 0.0955. The molecule has 0 aliphatic carbocycles. The van der Waals surface area contributed by atoms with Crippen LogP contribution in [0.25, 0.3) is 0 Å². The first-order valence-corrected chi connectivity index (χ1v) is 8.02. The maximum Gasteiger partial charge on any atom is 0.253 e. The van der Waals surface area contributed by atoms with Crippen LogP contribution in [0.4, 0.5) is 5.69 Å². The van der Waals surface area contributed by atoms with Gasteiger partial charge in [-0.05, 0) is 32.9 Å². The Morgan fingerprint density at radius 3 is 2.81 bits per heavy atom. The van der Waals surface area contributed by atoms with Crippen molar-refractivity contribution < 1.29 is 4.79 Å². The summed E-state index contributed by atoms with van der Waals surface area (Å²) >= 11 is 1.64. The van der Waals surface area contributed by atoms with Crippen molar-refractivity contribution >= 4 is 22.9 Å². The van der Waals surface area contributed by atoms with Gasteiger partial charge in [-0.3, -0.25) is 4.79 Å². The monoisotopic (exact) mass is 303 g/mol. The van der Waals surface area contributed by atoms with Crippen LogP contribution >= 0.6 is 11.3 Å². The molecule has 2 aromatic rings. The number of carbonyl (C=O) groups excluding carboxylic acids is 1. The number of rotatable bonds is 6. The molecule has 0 aliphatic rings. The van der Waals surface area contributed by atoms with E-state index in [2.05, 4.69) is 15.6 Å². The quantitative estimate of drug-likeness (QED) is 0.862. The smallest absolute Gasteiger partial charge is 0.253 e. The van der Waals surface area contributed by atoms with Crippen LogP contribution in [-0.4, -0.2) is 24.0 Å². The molecule has 1 aromatic heterocycles. The summed E-state index contributed by atoms with van der Waals surface area (Å²) in [5, 5.41) is 9.28. The summed E-state index contributed by atoms with van der Waals surface area (Å²) in [6.07, 6.45) is 0.770. The Bertz CT molecular complexity index is 622. The highest BCUT2D eigenvalue weighted by molar-refractivity contribution is 7.09. The minimum absolute atomic E-state index is 0.0390. The van der Waals surface area contributed by atoms with Gasteiger partial charge in [-0.25, -0.2) is 4.98 Å². The third-order valence-electron chi connectivity index (χ3n) is 3.08. The van der Waals surface area contributed by atoms with Crippen molar-refractivity contribution in [3.8, 4) is 0 Å². The maximum absolute atomic E-state index is 12.3. The molecule has 1 amide bonds. The zero-order valence-electron chi connectivity index (χ0n) is 12.7. The predicted molar refractivity (Wildman–Crippen MR) is 88.2 cm³/mol. The fourth-order valence-electron chi connectivity index (χ4n) is 2.09. The standard InChI is InChI=1S/C16H21N3OS/c1-4-17-14-6-5-11(2)9-13(14)16(20)18-8-7-15-19-12(3)10-21-15/h5-6,9-10,17H,4,7-8H2,1-3H3,(H,18,20). The van der Waals surface area contributed by atoms with E-state index in [1.54, 1.807) is 11.3 Å². The van der Waals surface area contributed by atoms with E-state index in [4.69, 9.17) is 0 Å². The van der Waals surface area contributed by atoms with Gasteiger partial charge in [0, 0.05) is 36.3 Å². The van der Waals surface area contributed by atoms with E-state index in [0.717, 1.165) is 34.9 Å². The first-order valence-electron chi connectivity index (χ1n) is 7.14. The van der Waals surface area contributed by atoms with Crippen molar-refractivity contribution in [1.29, 1.82) is 0 Å². The average Bonchev–Trinajstić information content (AvgIpc) is 2.86. The number of anilines is 1. The second kappa shape index (κ2) is 7.22. The second-order valence-corrected chi connectivity index (χ2v) is 5.91. The summed E-state index contributed by atoms with van der Waals surface area (Å²) in [6.45, 7) is 7.39. The Balaban J connectivity index is 1.97. The van der Waals surface area contributed by atoms with Crippen LogP contribution in [0.3, 0.4) is 0 Å². The molecule has 0 aliphatic heterocycles. The lowest BCUT2D eigenvalue weighted by Crippen LogP contribution is -2.26. The number of nitrogens with zero attached hydrogens (tertiary/aromatic N) is 1. The molecule has 2 rings (SSSR count). The molecule has 0 radical (unpaired) electrons. The van der Waals surface area contributed by atoms with Gasteiger partial charge in [0.15, 0.2) is 0 Å². The molecular formula is C16H21N3OS. The number of nitrogens with one attached hydrogen (secondary N) is 2. The van der Waals surface area contributed by atoms with E-state index in [0.29, 0.717) is 12.1 Å². The van der Waals surface area contributed by atoms with Crippen LogP contribution in [0.15, 0.2) is 23.6 Å². The number of aromatic nitrogens is 1. The molecule has 0 atom stereocenters. The molecule has 5 heteroatoms. The van der Waals surface area contributed by atoms with Gasteiger partial charge in [-0.1, -0.05) is 11.6 Å². The SMILES string of the molecule is CCNc1ccc(C)cc1C(=O)NCCc1nc(C)cs1. The number of benzene rings is 1. The lowest BCUT2D eigenvalue weighted by atomic mass is 10.1. The highest BCUT2D eigenvalue weighted by atomic mass is 32.1. The van der Waals surface area contributed by atoms with Crippen molar-refractivity contribution in [2.75, 3.05) is 18.4 Å². The molecule has 0 saturated carbocycles. The van der Waals surface area contributed by atoms with Gasteiger partial charge >= 0.3 is 0 Å². The van der Waals surface area contributed by atoms with E-state index in [1.807, 2.05) is 44.4 Å². The van der Waals surface area contributed by atoms with Crippen LogP contribution in [0.5, 0.6) is 0 Å². The molecule has 0 unspecified atom stereocenters. The molecule has 4 nitrogen and oxygen atoms in total. The van der Waals surface area contributed by atoms with Crippen LogP contribution in [-0.2, 0) is 6.42 Å². The summed E-state index contributed by atoms with van der Waals surface area (Å²) in [6, 6.07) is 5.88. The van der Waals surface area contributed by atoms with Gasteiger partial charge in [0.25, 0.3) is 5.91 Å². The van der Waals surface area contributed by atoms with Gasteiger partial charge in [-0.2, -0.15) is 0 Å². The van der Waals surface area contributed by atoms with Crippen molar-refractivity contribution in [3.63, 3.8) is 0 Å². The van der Waals surface area contributed by atoms with Gasteiger partial charge in [0.2, 0.25) is 0 Å². The first kappa shape index (κ1) is 15.5. The highest BCUT2D eigenvalue weighted by Gasteiger charge is 2.11. The normalized spacial score (nSPS) is 10.4. The molecule has 1 heterocycles. The Morgan fingerprint density at radius 2 is 2.14 bits per heavy atom. The summed E-state index contributed by atoms with van der Waals surface area (Å²) in [5.41, 5.74) is 3.70. The molecular weight excluding hydrogens is 282 g/mol. The number of hydrogen-bond donors (Lipinski definition) is 2. The fourth-order valence-corrected chi connectivity index (χ4v) is 2.86. The minimum atomic E-state index is -0.0390. The fraction of sp³-hybridized carbons (Fsp3) is 0.375.